The Bertz CT molecular complexity index is 1110. The van der Waals surface area contributed by atoms with Gasteiger partial charge in [0, 0.05) is 24.2 Å². The molecule has 1 aliphatic heterocycles. The highest BCUT2D eigenvalue weighted by molar-refractivity contribution is 8.00. The maximum atomic E-state index is 13.1. The van der Waals surface area contributed by atoms with E-state index in [9.17, 15) is 27.6 Å². The standard InChI is InChI=1S/C24H28F3N5O4S/c1-4-30(5-2)12-13-36-22(34)29-20-14-17(10-11-28-20)15-31-16(3)21(33)32(23(31)35)18-6-8-19(9-7-18)37-24(25,26)27/h6-11,14,16H,4-5,12-13,15H2,1-3H3,(H,28,29,34). The Balaban J connectivity index is 1.63. The zero-order valence-corrected chi connectivity index (χ0v) is 21.4. The first-order chi connectivity index (χ1) is 17.5. The van der Waals surface area contributed by atoms with Crippen molar-refractivity contribution < 1.29 is 32.3 Å². The Hall–Kier alpha value is -3.32. The number of rotatable bonds is 10. The third-order valence-corrected chi connectivity index (χ3v) is 6.49. The van der Waals surface area contributed by atoms with E-state index in [1.54, 1.807) is 19.1 Å². The van der Waals surface area contributed by atoms with E-state index in [0.29, 0.717) is 12.1 Å². The van der Waals surface area contributed by atoms with Crippen LogP contribution in [0.3, 0.4) is 0 Å². The molecular formula is C24H28F3N5O4S. The van der Waals surface area contributed by atoms with Crippen LogP contribution in [0.1, 0.15) is 26.3 Å². The summed E-state index contributed by atoms with van der Waals surface area (Å²) in [7, 11) is 0. The topological polar surface area (TPSA) is 95.1 Å². The van der Waals surface area contributed by atoms with Gasteiger partial charge in [0.1, 0.15) is 18.5 Å². The number of halogens is 3. The number of carbonyl (C=O) groups is 3. The van der Waals surface area contributed by atoms with Crippen LogP contribution in [0.4, 0.5) is 34.3 Å². The zero-order chi connectivity index (χ0) is 27.2. The lowest BCUT2D eigenvalue weighted by Crippen LogP contribution is -2.33. The molecule has 4 amide bonds. The summed E-state index contributed by atoms with van der Waals surface area (Å²) < 4.78 is 42.9. The molecule has 1 unspecified atom stereocenters. The van der Waals surface area contributed by atoms with Crippen molar-refractivity contribution in [1.29, 1.82) is 0 Å². The molecular weight excluding hydrogens is 511 g/mol. The third-order valence-electron chi connectivity index (χ3n) is 5.75. The summed E-state index contributed by atoms with van der Waals surface area (Å²) in [5.41, 5.74) is -3.65. The SMILES string of the molecule is CCN(CC)CCOC(=O)Nc1cc(CN2C(=O)N(c3ccc(SC(F)(F)F)cc3)C(=O)C2C)ccn1. The van der Waals surface area contributed by atoms with Gasteiger partial charge in [-0.25, -0.2) is 19.5 Å². The average Bonchev–Trinajstić information content (AvgIpc) is 3.05. The van der Waals surface area contributed by atoms with Crippen molar-refractivity contribution in [3.05, 3.63) is 48.2 Å². The number of benzene rings is 1. The van der Waals surface area contributed by atoms with E-state index in [4.69, 9.17) is 4.74 Å². The van der Waals surface area contributed by atoms with Gasteiger partial charge in [-0.15, -0.1) is 0 Å². The van der Waals surface area contributed by atoms with Crippen LogP contribution in [0.2, 0.25) is 0 Å². The van der Waals surface area contributed by atoms with Crippen molar-refractivity contribution in [1.82, 2.24) is 14.8 Å². The molecule has 13 heteroatoms. The number of hydrogen-bond acceptors (Lipinski definition) is 7. The maximum absolute atomic E-state index is 13.1. The lowest BCUT2D eigenvalue weighted by atomic mass is 10.2. The second kappa shape index (κ2) is 12.3. The molecule has 1 fully saturated rings. The van der Waals surface area contributed by atoms with Gasteiger partial charge in [-0.05, 0) is 73.7 Å². The highest BCUT2D eigenvalue weighted by Crippen LogP contribution is 2.38. The Morgan fingerprint density at radius 2 is 1.84 bits per heavy atom. The molecule has 2 heterocycles. The number of amides is 4. The van der Waals surface area contributed by atoms with E-state index >= 15 is 0 Å². The van der Waals surface area contributed by atoms with Gasteiger partial charge in [0.15, 0.2) is 0 Å². The molecule has 1 N–H and O–H groups in total. The number of alkyl halides is 3. The summed E-state index contributed by atoms with van der Waals surface area (Å²) in [6.45, 7) is 8.19. The van der Waals surface area contributed by atoms with E-state index in [2.05, 4.69) is 15.2 Å². The molecule has 0 bridgehead atoms. The van der Waals surface area contributed by atoms with Crippen LogP contribution < -0.4 is 10.2 Å². The molecule has 0 aliphatic carbocycles. The molecule has 1 aromatic heterocycles. The fraction of sp³-hybridized carbons (Fsp3) is 0.417. The molecule has 1 aromatic carbocycles. The Kier molecular flexibility index (Phi) is 9.38. The van der Waals surface area contributed by atoms with Gasteiger partial charge in [0.25, 0.3) is 5.91 Å². The molecule has 0 spiro atoms. The van der Waals surface area contributed by atoms with E-state index in [1.165, 1.54) is 35.4 Å². The predicted octanol–water partition coefficient (Wildman–Crippen LogP) is 4.94. The Morgan fingerprint density at radius 3 is 2.46 bits per heavy atom. The number of anilines is 2. The summed E-state index contributed by atoms with van der Waals surface area (Å²) in [4.78, 5) is 46.4. The van der Waals surface area contributed by atoms with Crippen LogP contribution in [0.25, 0.3) is 0 Å². The number of aromatic nitrogens is 1. The second-order valence-electron chi connectivity index (χ2n) is 8.14. The Morgan fingerprint density at radius 1 is 1.16 bits per heavy atom. The summed E-state index contributed by atoms with van der Waals surface area (Å²) in [6.07, 6.45) is 0.804. The quantitative estimate of drug-likeness (QED) is 0.338. The molecule has 3 rings (SSSR count). The van der Waals surface area contributed by atoms with Crippen LogP contribution in [0.5, 0.6) is 0 Å². The molecule has 1 saturated heterocycles. The molecule has 1 atom stereocenters. The van der Waals surface area contributed by atoms with Crippen LogP contribution in [-0.2, 0) is 16.1 Å². The predicted molar refractivity (Wildman–Crippen MR) is 133 cm³/mol. The lowest BCUT2D eigenvalue weighted by Gasteiger charge is -2.20. The van der Waals surface area contributed by atoms with Crippen molar-refractivity contribution in [3.63, 3.8) is 0 Å². The number of likely N-dealkylation sites (N-methyl/N-ethyl adjacent to an activating group) is 1. The minimum Gasteiger partial charge on any atom is -0.448 e. The van der Waals surface area contributed by atoms with Crippen molar-refractivity contribution >= 4 is 41.3 Å². The van der Waals surface area contributed by atoms with Crippen LogP contribution in [-0.4, -0.2) is 70.6 Å². The first-order valence-electron chi connectivity index (χ1n) is 11.6. The molecule has 2 aromatic rings. The number of imide groups is 1. The number of carbonyl (C=O) groups excluding carboxylic acids is 3. The summed E-state index contributed by atoms with van der Waals surface area (Å²) in [6, 6.07) is 6.85. The van der Waals surface area contributed by atoms with E-state index in [1.807, 2.05) is 13.8 Å². The summed E-state index contributed by atoms with van der Waals surface area (Å²) in [5, 5.41) is 2.55. The fourth-order valence-corrected chi connectivity index (χ4v) is 4.27. The smallest absolute Gasteiger partial charge is 0.446 e. The third kappa shape index (κ3) is 7.59. The molecule has 0 radical (unpaired) electrons. The van der Waals surface area contributed by atoms with Gasteiger partial charge in [-0.3, -0.25) is 10.1 Å². The summed E-state index contributed by atoms with van der Waals surface area (Å²) in [5.74, 6) is -0.268. The lowest BCUT2D eigenvalue weighted by molar-refractivity contribution is -0.119. The largest absolute Gasteiger partial charge is 0.448 e. The van der Waals surface area contributed by atoms with Gasteiger partial charge < -0.3 is 14.5 Å². The monoisotopic (exact) mass is 539 g/mol. The number of pyridine rings is 1. The number of ether oxygens (including phenoxy) is 1. The fourth-order valence-electron chi connectivity index (χ4n) is 3.73. The number of urea groups is 1. The molecule has 1 aliphatic rings. The van der Waals surface area contributed by atoms with E-state index in [0.717, 1.165) is 18.0 Å². The van der Waals surface area contributed by atoms with Crippen molar-refractivity contribution in [3.8, 4) is 0 Å². The van der Waals surface area contributed by atoms with E-state index in [-0.39, 0.29) is 41.3 Å². The van der Waals surface area contributed by atoms with E-state index < -0.39 is 29.6 Å². The van der Waals surface area contributed by atoms with Gasteiger partial charge in [-0.2, -0.15) is 13.2 Å². The average molecular weight is 540 g/mol. The molecule has 9 nitrogen and oxygen atoms in total. The van der Waals surface area contributed by atoms with Crippen molar-refractivity contribution in [2.45, 2.75) is 43.8 Å². The maximum Gasteiger partial charge on any atom is 0.446 e. The number of hydrogen-bond donors (Lipinski definition) is 1. The molecule has 37 heavy (non-hydrogen) atoms. The summed E-state index contributed by atoms with van der Waals surface area (Å²) >= 11 is -0.276. The number of nitrogens with one attached hydrogen (secondary N) is 1. The zero-order valence-electron chi connectivity index (χ0n) is 20.6. The number of nitrogens with zero attached hydrogens (tertiary/aromatic N) is 4. The minimum atomic E-state index is -4.44. The molecule has 0 saturated carbocycles. The Labute approximate surface area is 216 Å². The highest BCUT2D eigenvalue weighted by atomic mass is 32.2. The van der Waals surface area contributed by atoms with Crippen molar-refractivity contribution in [2.24, 2.45) is 0 Å². The number of thioether (sulfide) groups is 1. The normalized spacial score (nSPS) is 16.0. The first-order valence-corrected chi connectivity index (χ1v) is 12.5. The van der Waals surface area contributed by atoms with Gasteiger partial charge >= 0.3 is 17.6 Å². The van der Waals surface area contributed by atoms with Crippen LogP contribution >= 0.6 is 11.8 Å². The first kappa shape index (κ1) is 28.3. The minimum absolute atomic E-state index is 0.0522. The van der Waals surface area contributed by atoms with Crippen LogP contribution in [0, 0.1) is 0 Å². The van der Waals surface area contributed by atoms with Gasteiger partial charge in [-0.1, -0.05) is 13.8 Å². The van der Waals surface area contributed by atoms with Crippen molar-refractivity contribution in [2.75, 3.05) is 36.5 Å². The van der Waals surface area contributed by atoms with Gasteiger partial charge in [0.2, 0.25) is 0 Å². The second-order valence-corrected chi connectivity index (χ2v) is 9.28. The van der Waals surface area contributed by atoms with Crippen LogP contribution in [0.15, 0.2) is 47.5 Å². The van der Waals surface area contributed by atoms with Gasteiger partial charge in [0.05, 0.1) is 5.69 Å². The molecule has 200 valence electrons. The highest BCUT2D eigenvalue weighted by Gasteiger charge is 2.43.